The lowest BCUT2D eigenvalue weighted by molar-refractivity contribution is -0.0976. The van der Waals surface area contributed by atoms with Crippen LogP contribution in [0.1, 0.15) is 0 Å². The number of aliphatic hydroxyl groups is 4. The van der Waals surface area contributed by atoms with E-state index < -0.39 is 34.4 Å². The number of rotatable bonds is 6. The van der Waals surface area contributed by atoms with E-state index in [-0.39, 0.29) is 0 Å². The van der Waals surface area contributed by atoms with Crippen molar-refractivity contribution in [1.29, 1.82) is 0 Å². The SMILES string of the molecule is OCC(O)OP(O)OC(O)CO. The van der Waals surface area contributed by atoms with Crippen LogP contribution in [0.3, 0.4) is 0 Å². The molecule has 5 N–H and O–H groups in total. The highest BCUT2D eigenvalue weighted by atomic mass is 31.2. The van der Waals surface area contributed by atoms with Crippen LogP contribution < -0.4 is 0 Å². The van der Waals surface area contributed by atoms with Crippen molar-refractivity contribution in [3.8, 4) is 0 Å². The normalized spacial score (nSPS) is 18.8. The lowest BCUT2D eigenvalue weighted by Gasteiger charge is -2.15. The van der Waals surface area contributed by atoms with Gasteiger partial charge < -0.3 is 25.3 Å². The first-order valence-corrected chi connectivity index (χ1v) is 4.13. The molecule has 0 aliphatic rings. The van der Waals surface area contributed by atoms with Crippen molar-refractivity contribution in [3.05, 3.63) is 0 Å². The van der Waals surface area contributed by atoms with Crippen LogP contribution in [0.5, 0.6) is 0 Å². The monoisotopic (exact) mass is 202 g/mol. The maximum atomic E-state index is 8.73. The van der Waals surface area contributed by atoms with Crippen molar-refractivity contribution in [3.63, 3.8) is 0 Å². The van der Waals surface area contributed by atoms with Crippen LogP contribution in [0.4, 0.5) is 0 Å². The molecule has 2 unspecified atom stereocenters. The summed E-state index contributed by atoms with van der Waals surface area (Å²) in [6, 6.07) is 0. The van der Waals surface area contributed by atoms with Crippen LogP contribution in [0.15, 0.2) is 0 Å². The highest BCUT2D eigenvalue weighted by Gasteiger charge is 2.16. The number of hydrogen-bond donors (Lipinski definition) is 5. The average molecular weight is 202 g/mol. The zero-order chi connectivity index (χ0) is 9.56. The van der Waals surface area contributed by atoms with Crippen LogP contribution in [0.2, 0.25) is 0 Å². The van der Waals surface area contributed by atoms with Gasteiger partial charge in [-0.3, -0.25) is 9.05 Å². The van der Waals surface area contributed by atoms with Crippen LogP contribution in [-0.4, -0.2) is 51.1 Å². The van der Waals surface area contributed by atoms with Gasteiger partial charge in [0.1, 0.15) is 0 Å². The fourth-order valence-corrected chi connectivity index (χ4v) is 0.899. The van der Waals surface area contributed by atoms with Crippen LogP contribution in [0.25, 0.3) is 0 Å². The molecule has 74 valence electrons. The zero-order valence-corrected chi connectivity index (χ0v) is 6.96. The Balaban J connectivity index is 3.51. The molecule has 0 radical (unpaired) electrons. The molecule has 0 aromatic carbocycles. The van der Waals surface area contributed by atoms with Gasteiger partial charge in [0.2, 0.25) is 0 Å². The summed E-state index contributed by atoms with van der Waals surface area (Å²) in [6.07, 6.45) is -3.13. The van der Waals surface area contributed by atoms with Gasteiger partial charge in [-0.05, 0) is 0 Å². The van der Waals surface area contributed by atoms with Gasteiger partial charge in [-0.1, -0.05) is 0 Å². The molecule has 0 amide bonds. The Morgan fingerprint density at radius 3 is 1.58 bits per heavy atom. The van der Waals surface area contributed by atoms with E-state index in [1.54, 1.807) is 0 Å². The Kier molecular flexibility index (Phi) is 6.73. The topological polar surface area (TPSA) is 120 Å². The van der Waals surface area contributed by atoms with Gasteiger partial charge >= 0.3 is 8.60 Å². The van der Waals surface area contributed by atoms with Gasteiger partial charge in [0.25, 0.3) is 0 Å². The Morgan fingerprint density at radius 2 is 1.33 bits per heavy atom. The third-order valence-corrected chi connectivity index (χ3v) is 1.58. The van der Waals surface area contributed by atoms with E-state index in [9.17, 15) is 0 Å². The van der Waals surface area contributed by atoms with E-state index in [1.165, 1.54) is 0 Å². The summed E-state index contributed by atoms with van der Waals surface area (Å²) < 4.78 is 8.41. The molecule has 0 aliphatic heterocycles. The van der Waals surface area contributed by atoms with Crippen LogP contribution in [0, 0.1) is 0 Å². The predicted octanol–water partition coefficient (Wildman–Crippen LogP) is -2.14. The molecule has 7 nitrogen and oxygen atoms in total. The third kappa shape index (κ3) is 5.76. The van der Waals surface area contributed by atoms with E-state index in [4.69, 9.17) is 25.3 Å². The third-order valence-electron chi connectivity index (χ3n) is 0.736. The summed E-state index contributed by atoms with van der Waals surface area (Å²) >= 11 is 0. The Labute approximate surface area is 69.8 Å². The molecule has 0 aliphatic carbocycles. The zero-order valence-electron chi connectivity index (χ0n) is 6.07. The molecular formula is C4H11O7P. The van der Waals surface area contributed by atoms with Gasteiger partial charge in [-0.15, -0.1) is 0 Å². The smallest absolute Gasteiger partial charge is 0.334 e. The summed E-state index contributed by atoms with van der Waals surface area (Å²) in [4.78, 5) is 8.73. The molecule has 2 atom stereocenters. The minimum atomic E-state index is -2.49. The second-order valence-corrected chi connectivity index (χ2v) is 2.62. The summed E-state index contributed by atoms with van der Waals surface area (Å²) in [5.41, 5.74) is 0. The quantitative estimate of drug-likeness (QED) is 0.246. The van der Waals surface area contributed by atoms with Gasteiger partial charge in [-0.25, -0.2) is 0 Å². The van der Waals surface area contributed by atoms with Crippen LogP contribution >= 0.6 is 8.60 Å². The molecule has 0 saturated heterocycles. The van der Waals surface area contributed by atoms with Crippen molar-refractivity contribution >= 4 is 8.60 Å². The van der Waals surface area contributed by atoms with Crippen molar-refractivity contribution in [2.24, 2.45) is 0 Å². The standard InChI is InChI=1S/C4H11O7P/c5-1-3(7)10-12(9)11-4(8)2-6/h3-9H,1-2H2. The van der Waals surface area contributed by atoms with Crippen LogP contribution in [-0.2, 0) is 9.05 Å². The van der Waals surface area contributed by atoms with Gasteiger partial charge in [0.15, 0.2) is 12.6 Å². The molecule has 0 aromatic heterocycles. The second kappa shape index (κ2) is 6.64. The van der Waals surface area contributed by atoms with Crippen molar-refractivity contribution in [1.82, 2.24) is 0 Å². The summed E-state index contributed by atoms with van der Waals surface area (Å²) in [6.45, 7) is -1.39. The first-order valence-electron chi connectivity index (χ1n) is 3.00. The first kappa shape index (κ1) is 12.2. The molecule has 0 aromatic rings. The van der Waals surface area contributed by atoms with Crippen molar-refractivity contribution < 1.29 is 34.4 Å². The number of aliphatic hydroxyl groups excluding tert-OH is 4. The lowest BCUT2D eigenvalue weighted by atomic mass is 10.7. The summed E-state index contributed by atoms with van der Waals surface area (Å²) in [7, 11) is -2.49. The highest BCUT2D eigenvalue weighted by molar-refractivity contribution is 7.40. The molecule has 0 spiro atoms. The van der Waals surface area contributed by atoms with E-state index in [1.807, 2.05) is 0 Å². The van der Waals surface area contributed by atoms with Gasteiger partial charge in [-0.2, -0.15) is 0 Å². The lowest BCUT2D eigenvalue weighted by Crippen LogP contribution is -2.18. The fourth-order valence-electron chi connectivity index (χ4n) is 0.300. The van der Waals surface area contributed by atoms with Crippen molar-refractivity contribution in [2.45, 2.75) is 12.6 Å². The Hall–Kier alpha value is 0.150. The second-order valence-electron chi connectivity index (χ2n) is 1.72. The first-order chi connectivity index (χ1) is 5.60. The Morgan fingerprint density at radius 1 is 1.00 bits per heavy atom. The molecule has 0 saturated carbocycles. The molecule has 8 heteroatoms. The van der Waals surface area contributed by atoms with Crippen molar-refractivity contribution in [2.75, 3.05) is 13.2 Å². The fraction of sp³-hybridized carbons (Fsp3) is 1.00. The molecule has 12 heavy (non-hydrogen) atoms. The van der Waals surface area contributed by atoms with Gasteiger partial charge in [0.05, 0.1) is 13.2 Å². The minimum Gasteiger partial charge on any atom is -0.391 e. The van der Waals surface area contributed by atoms with E-state index in [0.29, 0.717) is 0 Å². The molecular weight excluding hydrogens is 191 g/mol. The minimum absolute atomic E-state index is 0.696. The number of hydrogen-bond acceptors (Lipinski definition) is 7. The van der Waals surface area contributed by atoms with Gasteiger partial charge in [0, 0.05) is 0 Å². The maximum absolute atomic E-state index is 8.73. The van der Waals surface area contributed by atoms with E-state index in [2.05, 4.69) is 9.05 Å². The molecule has 0 bridgehead atoms. The molecule has 0 fully saturated rings. The highest BCUT2D eigenvalue weighted by Crippen LogP contribution is 2.34. The maximum Gasteiger partial charge on any atom is 0.334 e. The largest absolute Gasteiger partial charge is 0.391 e. The summed E-state index contributed by atoms with van der Waals surface area (Å²) in [5.74, 6) is 0. The summed E-state index contributed by atoms with van der Waals surface area (Å²) in [5, 5.41) is 33.6. The molecule has 0 rings (SSSR count). The Bertz CT molecular complexity index is 99.6. The predicted molar refractivity (Wildman–Crippen MR) is 37.5 cm³/mol. The molecule has 0 heterocycles. The van der Waals surface area contributed by atoms with E-state index in [0.717, 1.165) is 0 Å². The average Bonchev–Trinajstić information content (AvgIpc) is 2.03. The van der Waals surface area contributed by atoms with E-state index >= 15 is 0 Å².